The third kappa shape index (κ3) is 2.13. The van der Waals surface area contributed by atoms with Gasteiger partial charge in [-0.25, -0.2) is 9.36 Å². The van der Waals surface area contributed by atoms with Crippen LogP contribution in [-0.2, 0) is 0 Å². The third-order valence-electron chi connectivity index (χ3n) is 3.45. The summed E-state index contributed by atoms with van der Waals surface area (Å²) in [5.74, 6) is 0. The number of aromatic nitrogens is 4. The lowest BCUT2D eigenvalue weighted by atomic mass is 10.1. The lowest BCUT2D eigenvalue weighted by Crippen LogP contribution is -2.04. The molecule has 4 nitrogen and oxygen atoms in total. The second kappa shape index (κ2) is 4.63. The number of benzene rings is 1. The Morgan fingerprint density at radius 3 is 1.50 bits per heavy atom. The smallest absolute Gasteiger partial charge is 0.0696 e. The minimum Gasteiger partial charge on any atom is -0.240 e. The van der Waals surface area contributed by atoms with Crippen molar-refractivity contribution in [2.45, 2.75) is 27.7 Å². The van der Waals surface area contributed by atoms with Gasteiger partial charge in [0, 0.05) is 12.4 Å². The molecule has 0 atom stereocenters. The molecule has 0 bridgehead atoms. The van der Waals surface area contributed by atoms with E-state index in [1.54, 1.807) is 0 Å². The largest absolute Gasteiger partial charge is 0.240 e. The van der Waals surface area contributed by atoms with E-state index < -0.39 is 0 Å². The Morgan fingerprint density at radius 1 is 0.700 bits per heavy atom. The highest BCUT2D eigenvalue weighted by Gasteiger charge is 2.09. The molecule has 0 aliphatic heterocycles. The van der Waals surface area contributed by atoms with E-state index >= 15 is 0 Å². The minimum atomic E-state index is 1.02. The molecule has 3 aromatic rings. The van der Waals surface area contributed by atoms with Gasteiger partial charge in [0.25, 0.3) is 0 Å². The fraction of sp³-hybridized carbons (Fsp3) is 0.250. The minimum absolute atomic E-state index is 1.02. The van der Waals surface area contributed by atoms with E-state index in [1.165, 1.54) is 11.1 Å². The molecule has 0 N–H and O–H groups in total. The Hall–Kier alpha value is -2.36. The Bertz CT molecular complexity index is 703. The molecular formula is C16H18N4. The van der Waals surface area contributed by atoms with Crippen LogP contribution in [0.25, 0.3) is 11.4 Å². The van der Waals surface area contributed by atoms with Gasteiger partial charge in [0.1, 0.15) is 0 Å². The highest BCUT2D eigenvalue weighted by Crippen LogP contribution is 2.22. The summed E-state index contributed by atoms with van der Waals surface area (Å²) in [5, 5.41) is 9.00. The van der Waals surface area contributed by atoms with Gasteiger partial charge in [-0.1, -0.05) is 6.07 Å². The SMILES string of the molecule is Cc1ccn(-c2cc(-n3ccc(C)n3)c(C)cc2C)n1. The van der Waals surface area contributed by atoms with Crippen LogP contribution in [0.1, 0.15) is 22.5 Å². The molecule has 0 radical (unpaired) electrons. The first-order valence-corrected chi connectivity index (χ1v) is 6.71. The molecule has 0 amide bonds. The lowest BCUT2D eigenvalue weighted by Gasteiger charge is -2.12. The molecule has 2 heterocycles. The standard InChI is InChI=1S/C16H18N4/c1-11-9-12(2)16(20-8-6-14(4)18-20)10-15(11)19-7-5-13(3)17-19/h5-10H,1-4H3. The van der Waals surface area contributed by atoms with Crippen molar-refractivity contribution >= 4 is 0 Å². The molecule has 4 heteroatoms. The van der Waals surface area contributed by atoms with Crippen LogP contribution >= 0.6 is 0 Å². The van der Waals surface area contributed by atoms with Crippen molar-refractivity contribution in [3.8, 4) is 11.4 Å². The maximum Gasteiger partial charge on any atom is 0.0696 e. The summed E-state index contributed by atoms with van der Waals surface area (Å²) in [6.07, 6.45) is 3.98. The van der Waals surface area contributed by atoms with Crippen LogP contribution in [-0.4, -0.2) is 19.6 Å². The van der Waals surface area contributed by atoms with Gasteiger partial charge in [-0.15, -0.1) is 0 Å². The summed E-state index contributed by atoms with van der Waals surface area (Å²) in [6, 6.07) is 8.34. The van der Waals surface area contributed by atoms with E-state index in [4.69, 9.17) is 0 Å². The first-order chi connectivity index (χ1) is 9.54. The molecule has 20 heavy (non-hydrogen) atoms. The van der Waals surface area contributed by atoms with Crippen molar-refractivity contribution in [3.63, 3.8) is 0 Å². The molecule has 0 saturated carbocycles. The monoisotopic (exact) mass is 266 g/mol. The van der Waals surface area contributed by atoms with Gasteiger partial charge in [-0.2, -0.15) is 10.2 Å². The molecule has 0 unspecified atom stereocenters. The molecule has 0 aliphatic carbocycles. The predicted molar refractivity (Wildman–Crippen MR) is 79.6 cm³/mol. The van der Waals surface area contributed by atoms with Crippen molar-refractivity contribution in [3.05, 3.63) is 59.2 Å². The Morgan fingerprint density at radius 2 is 1.15 bits per heavy atom. The van der Waals surface area contributed by atoms with E-state index in [2.05, 4.69) is 36.2 Å². The predicted octanol–water partition coefficient (Wildman–Crippen LogP) is 3.29. The van der Waals surface area contributed by atoms with Crippen LogP contribution in [0.3, 0.4) is 0 Å². The van der Waals surface area contributed by atoms with Gasteiger partial charge in [0.05, 0.1) is 22.8 Å². The number of aryl methyl sites for hydroxylation is 4. The van der Waals surface area contributed by atoms with E-state index in [9.17, 15) is 0 Å². The van der Waals surface area contributed by atoms with Crippen molar-refractivity contribution < 1.29 is 0 Å². The summed E-state index contributed by atoms with van der Waals surface area (Å²) in [6.45, 7) is 8.21. The Labute approximate surface area is 118 Å². The second-order valence-corrected chi connectivity index (χ2v) is 5.23. The van der Waals surface area contributed by atoms with Crippen molar-refractivity contribution in [1.29, 1.82) is 0 Å². The van der Waals surface area contributed by atoms with Crippen LogP contribution in [0.4, 0.5) is 0 Å². The van der Waals surface area contributed by atoms with Crippen LogP contribution in [0.15, 0.2) is 36.7 Å². The first kappa shape index (κ1) is 12.7. The maximum atomic E-state index is 4.50. The zero-order chi connectivity index (χ0) is 14.3. The molecule has 102 valence electrons. The number of nitrogens with zero attached hydrogens (tertiary/aromatic N) is 4. The van der Waals surface area contributed by atoms with Crippen molar-refractivity contribution in [1.82, 2.24) is 19.6 Å². The van der Waals surface area contributed by atoms with E-state index in [-0.39, 0.29) is 0 Å². The van der Waals surface area contributed by atoms with Crippen LogP contribution in [0.2, 0.25) is 0 Å². The Balaban J connectivity index is 2.17. The summed E-state index contributed by atoms with van der Waals surface area (Å²) in [4.78, 5) is 0. The number of rotatable bonds is 2. The topological polar surface area (TPSA) is 35.6 Å². The second-order valence-electron chi connectivity index (χ2n) is 5.23. The van der Waals surface area contributed by atoms with E-state index in [1.807, 2.05) is 47.7 Å². The zero-order valence-corrected chi connectivity index (χ0v) is 12.3. The highest BCUT2D eigenvalue weighted by molar-refractivity contribution is 5.53. The summed E-state index contributed by atoms with van der Waals surface area (Å²) in [7, 11) is 0. The van der Waals surface area contributed by atoms with Gasteiger partial charge < -0.3 is 0 Å². The highest BCUT2D eigenvalue weighted by atomic mass is 15.3. The fourth-order valence-electron chi connectivity index (χ4n) is 2.42. The number of hydrogen-bond donors (Lipinski definition) is 0. The zero-order valence-electron chi connectivity index (χ0n) is 12.3. The molecule has 0 saturated heterocycles. The van der Waals surface area contributed by atoms with Crippen molar-refractivity contribution in [2.24, 2.45) is 0 Å². The van der Waals surface area contributed by atoms with Crippen LogP contribution < -0.4 is 0 Å². The molecule has 0 fully saturated rings. The first-order valence-electron chi connectivity index (χ1n) is 6.71. The third-order valence-corrected chi connectivity index (χ3v) is 3.45. The molecule has 0 aliphatic rings. The van der Waals surface area contributed by atoms with Gasteiger partial charge in [0.2, 0.25) is 0 Å². The van der Waals surface area contributed by atoms with Crippen LogP contribution in [0, 0.1) is 27.7 Å². The van der Waals surface area contributed by atoms with Gasteiger partial charge >= 0.3 is 0 Å². The van der Waals surface area contributed by atoms with Gasteiger partial charge in [-0.3, -0.25) is 0 Å². The average Bonchev–Trinajstić information content (AvgIpc) is 2.99. The normalized spacial score (nSPS) is 11.0. The fourth-order valence-corrected chi connectivity index (χ4v) is 2.42. The van der Waals surface area contributed by atoms with E-state index in [0.29, 0.717) is 0 Å². The van der Waals surface area contributed by atoms with Crippen LogP contribution in [0.5, 0.6) is 0 Å². The summed E-state index contributed by atoms with van der Waals surface area (Å²) >= 11 is 0. The van der Waals surface area contributed by atoms with Gasteiger partial charge in [-0.05, 0) is 57.0 Å². The number of hydrogen-bond acceptors (Lipinski definition) is 2. The molecule has 1 aromatic carbocycles. The molecule has 2 aromatic heterocycles. The van der Waals surface area contributed by atoms with Gasteiger partial charge in [0.15, 0.2) is 0 Å². The molecule has 3 rings (SSSR count). The quantitative estimate of drug-likeness (QED) is 0.713. The molecular weight excluding hydrogens is 248 g/mol. The maximum absolute atomic E-state index is 4.50. The average molecular weight is 266 g/mol. The van der Waals surface area contributed by atoms with E-state index in [0.717, 1.165) is 22.8 Å². The summed E-state index contributed by atoms with van der Waals surface area (Å²) < 4.78 is 3.84. The Kier molecular flexibility index (Phi) is 2.93. The molecule has 0 spiro atoms. The van der Waals surface area contributed by atoms with Crippen molar-refractivity contribution in [2.75, 3.05) is 0 Å². The lowest BCUT2D eigenvalue weighted by molar-refractivity contribution is 0.830. The summed E-state index contributed by atoms with van der Waals surface area (Å²) in [5.41, 5.74) is 6.62.